The highest BCUT2D eigenvalue weighted by molar-refractivity contribution is 8.00. The molecule has 2 aliphatic heterocycles. The van der Waals surface area contributed by atoms with Crippen molar-refractivity contribution in [2.24, 2.45) is 10.6 Å². The smallest absolute Gasteiger partial charge is 0.352 e. The van der Waals surface area contributed by atoms with Crippen LogP contribution < -0.4 is 22.5 Å². The van der Waals surface area contributed by atoms with E-state index in [4.69, 9.17) is 22.0 Å². The molecule has 2 aliphatic rings. The maximum absolute atomic E-state index is 13.4. The summed E-state index contributed by atoms with van der Waals surface area (Å²) in [5.74, 6) is -4.81. The molecular formula is C26H27N9O9S3. The predicted octanol–water partition coefficient (Wildman–Crippen LogP) is 0.209. The zero-order chi connectivity index (χ0) is 34.2. The third-order valence-corrected chi connectivity index (χ3v) is 10.7. The van der Waals surface area contributed by atoms with E-state index in [9.17, 15) is 39.6 Å². The van der Waals surface area contributed by atoms with Crippen molar-refractivity contribution in [1.29, 1.82) is 0 Å². The summed E-state index contributed by atoms with van der Waals surface area (Å²) in [5, 5.41) is 46.6. The number of aliphatic carboxylic acids is 2. The maximum Gasteiger partial charge on any atom is 0.352 e. The summed E-state index contributed by atoms with van der Waals surface area (Å²) in [5.41, 5.74) is 15.9. The number of phenols is 2. The molecule has 2 unspecified atom stereocenters. The minimum Gasteiger partial charge on any atom is -0.504 e. The molecule has 0 radical (unpaired) electrons. The number of carboxylic acid groups (broad SMARTS) is 2. The topological polar surface area (TPSA) is 303 Å². The van der Waals surface area contributed by atoms with Gasteiger partial charge in [-0.25, -0.2) is 19.7 Å². The van der Waals surface area contributed by atoms with E-state index in [-0.39, 0.29) is 51.2 Å². The van der Waals surface area contributed by atoms with Gasteiger partial charge in [-0.15, -0.1) is 23.1 Å². The van der Waals surface area contributed by atoms with Crippen molar-refractivity contribution < 1.29 is 44.4 Å². The number of phenolic OH excluding ortho intramolecular Hbond substituents is 2. The van der Waals surface area contributed by atoms with Crippen LogP contribution in [0.2, 0.25) is 0 Å². The molecule has 11 N–H and O–H groups in total. The number of benzene rings is 1. The number of nitrogens with one attached hydrogen (secondary N) is 1. The number of hydrogen-bond acceptors (Lipinski definition) is 17. The summed E-state index contributed by atoms with van der Waals surface area (Å²) in [7, 11) is 0. The van der Waals surface area contributed by atoms with Gasteiger partial charge < -0.3 is 52.7 Å². The van der Waals surface area contributed by atoms with Crippen LogP contribution in [-0.4, -0.2) is 99.2 Å². The SMILES string of the molecule is Cc1c(N)nc(SCC2(C(=O)O)CS[C@@H]3C(NC(=O)C(=NO[C@@H](C(=O)O)c4ccc(O)c(O)c4)c4csc(N)n4)C(=O)N3C2)nc1N. The molecule has 0 aliphatic carbocycles. The largest absolute Gasteiger partial charge is 0.504 e. The highest BCUT2D eigenvalue weighted by Gasteiger charge is 2.57. The number of aromatic hydroxyl groups is 2. The summed E-state index contributed by atoms with van der Waals surface area (Å²) >= 11 is 3.17. The number of nitrogens with two attached hydrogens (primary N) is 3. The summed E-state index contributed by atoms with van der Waals surface area (Å²) in [4.78, 5) is 69.9. The first-order chi connectivity index (χ1) is 22.2. The number of thioether (sulfide) groups is 2. The number of hydrogen-bond donors (Lipinski definition) is 8. The van der Waals surface area contributed by atoms with Crippen molar-refractivity contribution in [3.8, 4) is 11.5 Å². The molecule has 2 saturated heterocycles. The second kappa shape index (κ2) is 13.0. The lowest BCUT2D eigenvalue weighted by molar-refractivity contribution is -0.157. The number of fused-ring (bicyclic) bond motifs is 1. The second-order valence-electron chi connectivity index (χ2n) is 10.5. The fourth-order valence-electron chi connectivity index (χ4n) is 4.57. The average molecular weight is 706 g/mol. The van der Waals surface area contributed by atoms with E-state index >= 15 is 0 Å². The van der Waals surface area contributed by atoms with Gasteiger partial charge in [0.15, 0.2) is 27.5 Å². The number of carbonyl (C=O) groups excluding carboxylic acids is 2. The molecule has 4 atom stereocenters. The first-order valence-electron chi connectivity index (χ1n) is 13.4. The molecule has 2 fully saturated rings. The monoisotopic (exact) mass is 705 g/mol. The number of nitrogens with zero attached hydrogens (tertiary/aromatic N) is 5. The Kier molecular flexibility index (Phi) is 9.22. The fourth-order valence-corrected chi connectivity index (χ4v) is 7.84. The number of carboxylic acids is 2. The Morgan fingerprint density at radius 2 is 1.87 bits per heavy atom. The number of thiazole rings is 1. The Balaban J connectivity index is 1.30. The van der Waals surface area contributed by atoms with E-state index in [1.54, 1.807) is 6.92 Å². The quantitative estimate of drug-likeness (QED) is 0.0330. The molecule has 1 aromatic carbocycles. The van der Waals surface area contributed by atoms with E-state index in [0.29, 0.717) is 5.56 Å². The average Bonchev–Trinajstić information content (AvgIpc) is 3.46. The van der Waals surface area contributed by atoms with Gasteiger partial charge in [0, 0.05) is 34.6 Å². The van der Waals surface area contributed by atoms with Crippen LogP contribution in [0.5, 0.6) is 11.5 Å². The number of nitrogen functional groups attached to an aromatic ring is 3. The van der Waals surface area contributed by atoms with Crippen LogP contribution in [0.3, 0.4) is 0 Å². The number of β-lactam (4-membered cyclic amide) rings is 1. The number of amides is 2. The molecule has 21 heteroatoms. The minimum absolute atomic E-state index is 0.00768. The summed E-state index contributed by atoms with van der Waals surface area (Å²) in [6, 6.07) is 2.12. The summed E-state index contributed by atoms with van der Waals surface area (Å²) < 4.78 is 0. The van der Waals surface area contributed by atoms with Gasteiger partial charge in [-0.2, -0.15) is 0 Å². The summed E-state index contributed by atoms with van der Waals surface area (Å²) in [6.07, 6.45) is -1.81. The van der Waals surface area contributed by atoms with E-state index in [2.05, 4.69) is 25.4 Å². The molecule has 18 nitrogen and oxygen atoms in total. The maximum atomic E-state index is 13.4. The van der Waals surface area contributed by atoms with Gasteiger partial charge in [0.1, 0.15) is 34.2 Å². The number of carbonyl (C=O) groups is 4. The van der Waals surface area contributed by atoms with Crippen molar-refractivity contribution in [3.05, 3.63) is 40.4 Å². The van der Waals surface area contributed by atoms with E-state index in [1.807, 2.05) is 0 Å². The van der Waals surface area contributed by atoms with Crippen LogP contribution in [0.15, 0.2) is 33.9 Å². The van der Waals surface area contributed by atoms with Gasteiger partial charge in [-0.1, -0.05) is 23.0 Å². The van der Waals surface area contributed by atoms with E-state index < -0.39 is 63.9 Å². The molecule has 5 rings (SSSR count). The Morgan fingerprint density at radius 3 is 2.47 bits per heavy atom. The van der Waals surface area contributed by atoms with Crippen LogP contribution in [0.4, 0.5) is 16.8 Å². The third kappa shape index (κ3) is 6.62. The van der Waals surface area contributed by atoms with Gasteiger partial charge in [-0.3, -0.25) is 14.4 Å². The van der Waals surface area contributed by atoms with Crippen LogP contribution >= 0.6 is 34.9 Å². The summed E-state index contributed by atoms with van der Waals surface area (Å²) in [6.45, 7) is 1.51. The highest BCUT2D eigenvalue weighted by Crippen LogP contribution is 2.44. The number of rotatable bonds is 11. The van der Waals surface area contributed by atoms with E-state index in [1.165, 1.54) is 16.3 Å². The number of aromatic nitrogens is 3. The molecular weight excluding hydrogens is 679 g/mol. The lowest BCUT2D eigenvalue weighted by atomic mass is 9.89. The predicted molar refractivity (Wildman–Crippen MR) is 171 cm³/mol. The Morgan fingerprint density at radius 1 is 1.17 bits per heavy atom. The van der Waals surface area contributed by atoms with Crippen LogP contribution in [0.1, 0.15) is 22.9 Å². The zero-order valence-electron chi connectivity index (χ0n) is 24.2. The first kappa shape index (κ1) is 33.3. The van der Waals surface area contributed by atoms with Crippen LogP contribution in [0.25, 0.3) is 0 Å². The van der Waals surface area contributed by atoms with Crippen molar-refractivity contribution in [2.45, 2.75) is 29.6 Å². The molecule has 0 saturated carbocycles. The van der Waals surface area contributed by atoms with E-state index in [0.717, 1.165) is 47.0 Å². The molecule has 2 amide bonds. The molecule has 0 spiro atoms. The molecule has 47 heavy (non-hydrogen) atoms. The Bertz CT molecular complexity index is 1780. The highest BCUT2D eigenvalue weighted by atomic mass is 32.2. The Hall–Kier alpha value is -5.02. The van der Waals surface area contributed by atoms with Gasteiger partial charge >= 0.3 is 11.9 Å². The van der Waals surface area contributed by atoms with Crippen molar-refractivity contribution in [2.75, 3.05) is 35.3 Å². The molecule has 248 valence electrons. The van der Waals surface area contributed by atoms with Gasteiger partial charge in [0.05, 0.1) is 0 Å². The first-order valence-corrected chi connectivity index (χ1v) is 16.3. The molecule has 4 heterocycles. The molecule has 2 aromatic heterocycles. The zero-order valence-corrected chi connectivity index (χ0v) is 26.6. The van der Waals surface area contributed by atoms with Crippen molar-refractivity contribution in [1.82, 2.24) is 25.2 Å². The number of oxime groups is 1. The number of anilines is 3. The van der Waals surface area contributed by atoms with Gasteiger partial charge in [0.25, 0.3) is 5.91 Å². The lowest BCUT2D eigenvalue weighted by Gasteiger charge is -2.53. The molecule has 3 aromatic rings. The van der Waals surface area contributed by atoms with Gasteiger partial charge in [0.2, 0.25) is 12.0 Å². The van der Waals surface area contributed by atoms with Gasteiger partial charge in [-0.05, 0) is 19.1 Å². The second-order valence-corrected chi connectivity index (χ2v) is 13.4. The molecule has 0 bridgehead atoms. The van der Waals surface area contributed by atoms with Crippen LogP contribution in [-0.2, 0) is 24.0 Å². The third-order valence-electron chi connectivity index (χ3n) is 7.32. The van der Waals surface area contributed by atoms with Crippen molar-refractivity contribution in [3.63, 3.8) is 0 Å². The Labute approximate surface area is 277 Å². The lowest BCUT2D eigenvalue weighted by Crippen LogP contribution is -2.74. The standard InChI is InChI=1S/C26H27N9O9S3/c1-9-17(27)32-25(33-18(9)28)47-8-26(23(42)43)6-35-20(39)15(21(35)46-7-26)31-19(38)14(11-5-45-24(29)30-11)34-44-16(22(40)41)10-2-3-12(36)13(37)4-10/h2-5,15-16,21,36-37H,6-8H2,1H3,(H2,29,30)(H,31,38)(H,40,41)(H,42,43)(H4,27,28,32,33)/t15?,16-,21-,26?/m1/s1. The normalized spacial score (nSPS) is 21.3. The van der Waals surface area contributed by atoms with Crippen molar-refractivity contribution >= 4 is 81.1 Å². The fraction of sp³-hybridized carbons (Fsp3) is 0.308. The minimum atomic E-state index is -1.81. The van der Waals surface area contributed by atoms with Crippen LogP contribution in [0, 0.1) is 12.3 Å².